The summed E-state index contributed by atoms with van der Waals surface area (Å²) in [6.45, 7) is 0. The maximum Gasteiger partial charge on any atom is 0.193 e. The summed E-state index contributed by atoms with van der Waals surface area (Å²) in [5.74, 6) is 0.739. The molecule has 0 amide bonds. The molecule has 0 spiro atoms. The van der Waals surface area contributed by atoms with Gasteiger partial charge in [0.15, 0.2) is 5.78 Å². The van der Waals surface area contributed by atoms with Crippen molar-refractivity contribution in [3.63, 3.8) is 0 Å². The zero-order valence-corrected chi connectivity index (χ0v) is 11.0. The van der Waals surface area contributed by atoms with Crippen LogP contribution in [0, 0.1) is 0 Å². The first kappa shape index (κ1) is 12.4. The average Bonchev–Trinajstić information content (AvgIpc) is 2.54. The molecule has 0 aliphatic carbocycles. The molecule has 0 saturated carbocycles. The second kappa shape index (κ2) is 5.13. The highest BCUT2D eigenvalue weighted by Gasteiger charge is 2.09. The van der Waals surface area contributed by atoms with E-state index in [4.69, 9.17) is 4.74 Å². The number of hydrogen-bond donors (Lipinski definition) is 0. The smallest absolute Gasteiger partial charge is 0.193 e. The largest absolute Gasteiger partial charge is 0.497 e. The number of nitrogens with zero attached hydrogens (tertiary/aromatic N) is 1. The molecular weight excluding hydrogens is 250 g/mol. The number of aromatic nitrogens is 1. The molecule has 20 heavy (non-hydrogen) atoms. The average molecular weight is 263 g/mol. The SMILES string of the molecule is COc1ccc(C(=O)c2ccc3ncccc3c2)cc1. The monoisotopic (exact) mass is 263 g/mol. The van der Waals surface area contributed by atoms with Gasteiger partial charge in [0.05, 0.1) is 12.6 Å². The molecule has 3 heteroatoms. The first-order valence-corrected chi connectivity index (χ1v) is 6.31. The van der Waals surface area contributed by atoms with Crippen molar-refractivity contribution in [1.82, 2.24) is 4.98 Å². The number of rotatable bonds is 3. The van der Waals surface area contributed by atoms with Crippen molar-refractivity contribution < 1.29 is 9.53 Å². The van der Waals surface area contributed by atoms with Gasteiger partial charge in [-0.15, -0.1) is 0 Å². The second-order valence-electron chi connectivity index (χ2n) is 4.47. The minimum absolute atomic E-state index is 0.00148. The Morgan fingerprint density at radius 1 is 1.00 bits per heavy atom. The van der Waals surface area contributed by atoms with Crippen LogP contribution in [0.2, 0.25) is 0 Å². The van der Waals surface area contributed by atoms with Gasteiger partial charge in [-0.3, -0.25) is 9.78 Å². The lowest BCUT2D eigenvalue weighted by molar-refractivity contribution is 0.103. The summed E-state index contributed by atoms with van der Waals surface area (Å²) in [6.07, 6.45) is 1.74. The molecule has 1 aromatic heterocycles. The van der Waals surface area contributed by atoms with Crippen LogP contribution in [0.15, 0.2) is 60.8 Å². The van der Waals surface area contributed by atoms with E-state index in [1.165, 1.54) is 0 Å². The highest BCUT2D eigenvalue weighted by molar-refractivity contribution is 6.10. The second-order valence-corrected chi connectivity index (χ2v) is 4.47. The molecule has 0 aliphatic heterocycles. The molecule has 0 fully saturated rings. The summed E-state index contributed by atoms with van der Waals surface area (Å²) in [7, 11) is 1.60. The molecule has 1 heterocycles. The highest BCUT2D eigenvalue weighted by atomic mass is 16.5. The topological polar surface area (TPSA) is 39.2 Å². The third kappa shape index (κ3) is 2.26. The summed E-state index contributed by atoms with van der Waals surface area (Å²) in [5.41, 5.74) is 2.20. The van der Waals surface area contributed by atoms with Gasteiger partial charge in [-0.05, 0) is 48.5 Å². The number of ketones is 1. The quantitative estimate of drug-likeness (QED) is 0.679. The molecule has 98 valence electrons. The van der Waals surface area contributed by atoms with Crippen LogP contribution < -0.4 is 4.74 Å². The van der Waals surface area contributed by atoms with E-state index in [1.807, 2.05) is 30.3 Å². The van der Waals surface area contributed by atoms with Gasteiger partial charge >= 0.3 is 0 Å². The third-order valence-electron chi connectivity index (χ3n) is 3.22. The molecule has 0 radical (unpaired) electrons. The van der Waals surface area contributed by atoms with Crippen LogP contribution in [-0.4, -0.2) is 17.9 Å². The maximum atomic E-state index is 12.4. The Kier molecular flexibility index (Phi) is 3.17. The number of carbonyl (C=O) groups excluding carboxylic acids is 1. The van der Waals surface area contributed by atoms with Crippen LogP contribution in [0.5, 0.6) is 5.75 Å². The maximum absolute atomic E-state index is 12.4. The fourth-order valence-electron chi connectivity index (χ4n) is 2.13. The van der Waals surface area contributed by atoms with Gasteiger partial charge in [-0.1, -0.05) is 6.07 Å². The van der Waals surface area contributed by atoms with Crippen LogP contribution in [0.1, 0.15) is 15.9 Å². The van der Waals surface area contributed by atoms with Crippen LogP contribution >= 0.6 is 0 Å². The summed E-state index contributed by atoms with van der Waals surface area (Å²) in [4.78, 5) is 16.7. The van der Waals surface area contributed by atoms with E-state index < -0.39 is 0 Å². The predicted octanol–water partition coefficient (Wildman–Crippen LogP) is 3.47. The van der Waals surface area contributed by atoms with E-state index >= 15 is 0 Å². The van der Waals surface area contributed by atoms with Crippen molar-refractivity contribution in [2.24, 2.45) is 0 Å². The summed E-state index contributed by atoms with van der Waals surface area (Å²) >= 11 is 0. The fourth-order valence-corrected chi connectivity index (χ4v) is 2.13. The van der Waals surface area contributed by atoms with E-state index in [0.717, 1.165) is 16.7 Å². The third-order valence-corrected chi connectivity index (χ3v) is 3.22. The Morgan fingerprint density at radius 2 is 1.75 bits per heavy atom. The Balaban J connectivity index is 1.98. The van der Waals surface area contributed by atoms with Crippen molar-refractivity contribution in [2.45, 2.75) is 0 Å². The molecule has 3 aromatic rings. The standard InChI is InChI=1S/C17H13NO2/c1-20-15-7-4-12(5-8-15)17(19)14-6-9-16-13(11-14)3-2-10-18-16/h2-11H,1H3. The number of benzene rings is 2. The fraction of sp³-hybridized carbons (Fsp3) is 0.0588. The van der Waals surface area contributed by atoms with Crippen LogP contribution in [-0.2, 0) is 0 Å². The Hall–Kier alpha value is -2.68. The molecule has 2 aromatic carbocycles. The summed E-state index contributed by atoms with van der Waals surface area (Å²) < 4.78 is 5.09. The van der Waals surface area contributed by atoms with Crippen molar-refractivity contribution in [2.75, 3.05) is 7.11 Å². The molecular formula is C17H13NO2. The lowest BCUT2D eigenvalue weighted by Crippen LogP contribution is -2.01. The van der Waals surface area contributed by atoms with E-state index in [2.05, 4.69) is 4.98 Å². The Morgan fingerprint density at radius 3 is 2.50 bits per heavy atom. The molecule has 0 saturated heterocycles. The lowest BCUT2D eigenvalue weighted by Gasteiger charge is -2.04. The van der Waals surface area contributed by atoms with Gasteiger partial charge < -0.3 is 4.74 Å². The minimum atomic E-state index is -0.00148. The molecule has 3 nitrogen and oxygen atoms in total. The lowest BCUT2D eigenvalue weighted by atomic mass is 10.0. The zero-order valence-electron chi connectivity index (χ0n) is 11.0. The predicted molar refractivity (Wildman–Crippen MR) is 78.2 cm³/mol. The van der Waals surface area contributed by atoms with Gasteiger partial charge in [0, 0.05) is 22.7 Å². The molecule has 0 aliphatic rings. The van der Waals surface area contributed by atoms with Crippen LogP contribution in [0.3, 0.4) is 0 Å². The van der Waals surface area contributed by atoms with Gasteiger partial charge in [-0.2, -0.15) is 0 Å². The van der Waals surface area contributed by atoms with Crippen LogP contribution in [0.4, 0.5) is 0 Å². The van der Waals surface area contributed by atoms with E-state index in [9.17, 15) is 4.79 Å². The molecule has 0 atom stereocenters. The van der Waals surface area contributed by atoms with Crippen molar-refractivity contribution in [1.29, 1.82) is 0 Å². The summed E-state index contributed by atoms with van der Waals surface area (Å²) in [6, 6.07) is 16.5. The number of methoxy groups -OCH3 is 1. The first-order valence-electron chi connectivity index (χ1n) is 6.31. The van der Waals surface area contributed by atoms with E-state index in [-0.39, 0.29) is 5.78 Å². The number of carbonyl (C=O) groups is 1. The molecule has 0 unspecified atom stereocenters. The molecule has 0 N–H and O–H groups in total. The minimum Gasteiger partial charge on any atom is -0.497 e. The van der Waals surface area contributed by atoms with Gasteiger partial charge in [0.25, 0.3) is 0 Å². The molecule has 0 bridgehead atoms. The highest BCUT2D eigenvalue weighted by Crippen LogP contribution is 2.18. The zero-order chi connectivity index (χ0) is 13.9. The van der Waals surface area contributed by atoms with E-state index in [1.54, 1.807) is 37.6 Å². The number of ether oxygens (including phenoxy) is 1. The van der Waals surface area contributed by atoms with Crippen molar-refractivity contribution in [3.05, 3.63) is 71.9 Å². The van der Waals surface area contributed by atoms with Crippen molar-refractivity contribution in [3.8, 4) is 5.75 Å². The first-order chi connectivity index (χ1) is 9.78. The van der Waals surface area contributed by atoms with Crippen LogP contribution in [0.25, 0.3) is 10.9 Å². The number of pyridine rings is 1. The van der Waals surface area contributed by atoms with Gasteiger partial charge in [0.2, 0.25) is 0 Å². The Bertz CT molecular complexity index is 763. The molecule has 3 rings (SSSR count). The Labute approximate surface area is 116 Å². The van der Waals surface area contributed by atoms with Gasteiger partial charge in [-0.25, -0.2) is 0 Å². The van der Waals surface area contributed by atoms with Crippen molar-refractivity contribution >= 4 is 16.7 Å². The summed E-state index contributed by atoms with van der Waals surface area (Å²) in [5, 5.41) is 0.965. The number of hydrogen-bond acceptors (Lipinski definition) is 3. The van der Waals surface area contributed by atoms with Gasteiger partial charge in [0.1, 0.15) is 5.75 Å². The van der Waals surface area contributed by atoms with E-state index in [0.29, 0.717) is 11.1 Å². The number of fused-ring (bicyclic) bond motifs is 1. The normalized spacial score (nSPS) is 10.4.